The SMILES string of the molecule is CC(=O)N[C@@H](CCCCN)c1nnc(-c2ccccc2)s1. The molecule has 1 amide bonds. The number of carbonyl (C=O) groups excluding carboxylic acids is 1. The van der Waals surface area contributed by atoms with Crippen LogP contribution < -0.4 is 11.1 Å². The Labute approximate surface area is 128 Å². The summed E-state index contributed by atoms with van der Waals surface area (Å²) in [5, 5.41) is 13.2. The molecule has 1 aromatic carbocycles. The second kappa shape index (κ2) is 7.85. The first-order valence-electron chi connectivity index (χ1n) is 7.06. The first kappa shape index (κ1) is 15.6. The number of benzene rings is 1. The Balaban J connectivity index is 2.12. The summed E-state index contributed by atoms with van der Waals surface area (Å²) < 4.78 is 0. The van der Waals surface area contributed by atoms with Crippen molar-refractivity contribution >= 4 is 17.2 Å². The molecule has 1 atom stereocenters. The minimum Gasteiger partial charge on any atom is -0.347 e. The number of aromatic nitrogens is 2. The molecule has 112 valence electrons. The van der Waals surface area contributed by atoms with Gasteiger partial charge in [0.05, 0.1) is 6.04 Å². The molecule has 0 aliphatic carbocycles. The predicted molar refractivity (Wildman–Crippen MR) is 84.8 cm³/mol. The molecule has 2 rings (SSSR count). The zero-order chi connectivity index (χ0) is 15.1. The number of amides is 1. The van der Waals surface area contributed by atoms with Gasteiger partial charge in [0.1, 0.15) is 10.0 Å². The van der Waals surface area contributed by atoms with Gasteiger partial charge in [-0.25, -0.2) is 0 Å². The van der Waals surface area contributed by atoms with Crippen LogP contribution in [-0.4, -0.2) is 22.6 Å². The van der Waals surface area contributed by atoms with Crippen molar-refractivity contribution in [2.75, 3.05) is 6.54 Å². The summed E-state index contributed by atoms with van der Waals surface area (Å²) in [4.78, 5) is 11.4. The van der Waals surface area contributed by atoms with Crippen molar-refractivity contribution in [1.29, 1.82) is 0 Å². The van der Waals surface area contributed by atoms with Crippen LogP contribution >= 0.6 is 11.3 Å². The third kappa shape index (κ3) is 4.61. The second-order valence-corrected chi connectivity index (χ2v) is 5.86. The van der Waals surface area contributed by atoms with Gasteiger partial charge >= 0.3 is 0 Å². The Bertz CT molecular complexity index is 570. The molecule has 0 saturated carbocycles. The fourth-order valence-corrected chi connectivity index (χ4v) is 3.00. The lowest BCUT2D eigenvalue weighted by atomic mass is 10.1. The van der Waals surface area contributed by atoms with Crippen molar-refractivity contribution in [3.05, 3.63) is 35.3 Å². The highest BCUT2D eigenvalue weighted by atomic mass is 32.1. The van der Waals surface area contributed by atoms with Crippen LogP contribution in [0.1, 0.15) is 37.2 Å². The number of rotatable bonds is 7. The summed E-state index contributed by atoms with van der Waals surface area (Å²) >= 11 is 1.53. The van der Waals surface area contributed by atoms with Gasteiger partial charge in [-0.3, -0.25) is 4.79 Å². The highest BCUT2D eigenvalue weighted by molar-refractivity contribution is 7.14. The molecule has 6 heteroatoms. The third-order valence-electron chi connectivity index (χ3n) is 3.08. The van der Waals surface area contributed by atoms with E-state index in [2.05, 4.69) is 15.5 Å². The molecule has 0 radical (unpaired) electrons. The highest BCUT2D eigenvalue weighted by Gasteiger charge is 2.18. The van der Waals surface area contributed by atoms with Crippen LogP contribution in [0, 0.1) is 0 Å². The van der Waals surface area contributed by atoms with Crippen molar-refractivity contribution in [3.8, 4) is 10.6 Å². The topological polar surface area (TPSA) is 80.9 Å². The van der Waals surface area contributed by atoms with Gasteiger partial charge in [0.15, 0.2) is 0 Å². The number of hydrogen-bond donors (Lipinski definition) is 2. The van der Waals surface area contributed by atoms with E-state index in [1.807, 2.05) is 30.3 Å². The van der Waals surface area contributed by atoms with Crippen molar-refractivity contribution in [1.82, 2.24) is 15.5 Å². The fraction of sp³-hybridized carbons (Fsp3) is 0.400. The summed E-state index contributed by atoms with van der Waals surface area (Å²) in [6.07, 6.45) is 2.74. The van der Waals surface area contributed by atoms with E-state index in [1.54, 1.807) is 0 Å². The third-order valence-corrected chi connectivity index (χ3v) is 4.17. The Morgan fingerprint density at radius 1 is 1.29 bits per heavy atom. The first-order valence-corrected chi connectivity index (χ1v) is 7.88. The average molecular weight is 304 g/mol. The number of carbonyl (C=O) groups is 1. The summed E-state index contributed by atoms with van der Waals surface area (Å²) in [5.74, 6) is -0.0517. The zero-order valence-electron chi connectivity index (χ0n) is 12.1. The maximum atomic E-state index is 11.4. The molecule has 2 aromatic rings. The Morgan fingerprint density at radius 2 is 2.05 bits per heavy atom. The lowest BCUT2D eigenvalue weighted by molar-refractivity contribution is -0.119. The molecular weight excluding hydrogens is 284 g/mol. The van der Waals surface area contributed by atoms with Gasteiger partial charge in [-0.2, -0.15) is 0 Å². The van der Waals surface area contributed by atoms with E-state index in [0.29, 0.717) is 6.54 Å². The predicted octanol–water partition coefficient (Wildman–Crippen LogP) is 2.51. The van der Waals surface area contributed by atoms with Crippen molar-refractivity contribution in [2.24, 2.45) is 5.73 Å². The van der Waals surface area contributed by atoms with Crippen LogP contribution in [0.5, 0.6) is 0 Å². The summed E-state index contributed by atoms with van der Waals surface area (Å²) in [6.45, 7) is 2.19. The second-order valence-electron chi connectivity index (χ2n) is 4.85. The number of nitrogens with two attached hydrogens (primary N) is 1. The van der Waals surface area contributed by atoms with Gasteiger partial charge in [0.25, 0.3) is 0 Å². The fourth-order valence-electron chi connectivity index (χ4n) is 2.07. The van der Waals surface area contributed by atoms with E-state index in [-0.39, 0.29) is 11.9 Å². The van der Waals surface area contributed by atoms with Crippen molar-refractivity contribution < 1.29 is 4.79 Å². The monoisotopic (exact) mass is 304 g/mol. The summed E-state index contributed by atoms with van der Waals surface area (Å²) in [7, 11) is 0. The van der Waals surface area contributed by atoms with Crippen LogP contribution in [0.4, 0.5) is 0 Å². The maximum absolute atomic E-state index is 11.4. The molecule has 0 fully saturated rings. The minimum absolute atomic E-state index is 0.0517. The van der Waals surface area contributed by atoms with E-state index in [9.17, 15) is 4.79 Å². The molecule has 3 N–H and O–H groups in total. The quantitative estimate of drug-likeness (QED) is 0.770. The zero-order valence-corrected chi connectivity index (χ0v) is 12.9. The summed E-state index contributed by atoms with van der Waals surface area (Å²) in [5.41, 5.74) is 6.57. The van der Waals surface area contributed by atoms with Gasteiger partial charge in [0, 0.05) is 12.5 Å². The highest BCUT2D eigenvalue weighted by Crippen LogP contribution is 2.28. The van der Waals surface area contributed by atoms with E-state index in [4.69, 9.17) is 5.73 Å². The largest absolute Gasteiger partial charge is 0.347 e. The van der Waals surface area contributed by atoms with Gasteiger partial charge in [0.2, 0.25) is 5.91 Å². The lowest BCUT2D eigenvalue weighted by Gasteiger charge is -2.14. The standard InChI is InChI=1S/C15H20N4OS/c1-11(20)17-13(9-5-6-10-16)15-19-18-14(21-15)12-7-3-2-4-8-12/h2-4,7-8,13H,5-6,9-10,16H2,1H3,(H,17,20)/t13-/m0/s1. The van der Waals surface area contributed by atoms with E-state index >= 15 is 0 Å². The molecule has 21 heavy (non-hydrogen) atoms. The number of nitrogens with one attached hydrogen (secondary N) is 1. The molecular formula is C15H20N4OS. The molecule has 0 bridgehead atoms. The lowest BCUT2D eigenvalue weighted by Crippen LogP contribution is -2.26. The summed E-state index contributed by atoms with van der Waals surface area (Å²) in [6, 6.07) is 9.85. The van der Waals surface area contributed by atoms with Crippen molar-refractivity contribution in [3.63, 3.8) is 0 Å². The van der Waals surface area contributed by atoms with Gasteiger partial charge in [-0.05, 0) is 25.8 Å². The van der Waals surface area contributed by atoms with E-state index in [0.717, 1.165) is 34.8 Å². The Hall–Kier alpha value is -1.79. The maximum Gasteiger partial charge on any atom is 0.217 e. The van der Waals surface area contributed by atoms with Gasteiger partial charge in [-0.1, -0.05) is 41.7 Å². The molecule has 0 aliphatic heterocycles. The molecule has 5 nitrogen and oxygen atoms in total. The van der Waals surface area contributed by atoms with Crippen LogP contribution in [0.3, 0.4) is 0 Å². The molecule has 1 heterocycles. The van der Waals surface area contributed by atoms with Crippen LogP contribution in [0.15, 0.2) is 30.3 Å². The first-order chi connectivity index (χ1) is 10.2. The Morgan fingerprint density at radius 3 is 2.71 bits per heavy atom. The van der Waals surface area contributed by atoms with Crippen molar-refractivity contribution in [2.45, 2.75) is 32.2 Å². The normalized spacial score (nSPS) is 12.1. The molecule has 0 aliphatic rings. The van der Waals surface area contributed by atoms with Crippen LogP contribution in [0.25, 0.3) is 10.6 Å². The van der Waals surface area contributed by atoms with Gasteiger partial charge < -0.3 is 11.1 Å². The molecule has 0 unspecified atom stereocenters. The van der Waals surface area contributed by atoms with Crippen LogP contribution in [-0.2, 0) is 4.79 Å². The van der Waals surface area contributed by atoms with Gasteiger partial charge in [-0.15, -0.1) is 10.2 Å². The smallest absolute Gasteiger partial charge is 0.217 e. The average Bonchev–Trinajstić information content (AvgIpc) is 2.97. The van der Waals surface area contributed by atoms with E-state index < -0.39 is 0 Å². The van der Waals surface area contributed by atoms with Crippen LogP contribution in [0.2, 0.25) is 0 Å². The minimum atomic E-state index is -0.0796. The number of nitrogens with zero attached hydrogens (tertiary/aromatic N) is 2. The Kier molecular flexibility index (Phi) is 5.83. The molecule has 0 saturated heterocycles. The molecule has 0 spiro atoms. The number of unbranched alkanes of at least 4 members (excludes halogenated alkanes) is 1. The van der Waals surface area contributed by atoms with E-state index in [1.165, 1.54) is 18.3 Å². The molecule has 1 aromatic heterocycles. The number of hydrogen-bond acceptors (Lipinski definition) is 5.